The number of pyridine rings is 3. The van der Waals surface area contributed by atoms with Crippen molar-refractivity contribution in [2.24, 2.45) is 0 Å². The van der Waals surface area contributed by atoms with Crippen LogP contribution in [0.2, 0.25) is 18.1 Å². The molecule has 0 amide bonds. The Morgan fingerprint density at radius 3 is 2.30 bits per heavy atom. The van der Waals surface area contributed by atoms with Gasteiger partial charge in [-0.1, -0.05) is 32.9 Å². The van der Waals surface area contributed by atoms with Crippen molar-refractivity contribution in [3.05, 3.63) is 78.6 Å². The standard InChI is InChI=1S/C31H36N6O2Si/c1-7-38-23-14-15-25(34-19-23)26-16-17-27-30(35-26)37(29(36-27)24-9-8-18-33-28(24)32)22-12-10-21(11-13-22)20-39-40(5,6)31(2,3)4/h8-19H,7,20H2,1-6H3,(H2,32,33). The van der Waals surface area contributed by atoms with E-state index in [1.165, 1.54) is 0 Å². The fourth-order valence-corrected chi connectivity index (χ4v) is 5.10. The van der Waals surface area contributed by atoms with Crippen molar-refractivity contribution in [1.82, 2.24) is 24.5 Å². The minimum Gasteiger partial charge on any atom is -0.492 e. The van der Waals surface area contributed by atoms with E-state index < -0.39 is 8.32 Å². The van der Waals surface area contributed by atoms with Gasteiger partial charge in [0.1, 0.15) is 17.1 Å². The van der Waals surface area contributed by atoms with E-state index in [0.717, 1.165) is 39.5 Å². The first-order chi connectivity index (χ1) is 19.1. The van der Waals surface area contributed by atoms with Crippen molar-refractivity contribution in [3.8, 4) is 34.2 Å². The second-order valence-electron chi connectivity index (χ2n) is 11.3. The number of nitrogens with zero attached hydrogens (tertiary/aromatic N) is 5. The summed E-state index contributed by atoms with van der Waals surface area (Å²) in [6, 6.07) is 19.8. The number of imidazole rings is 1. The lowest BCUT2D eigenvalue weighted by Crippen LogP contribution is -2.40. The molecule has 1 aromatic carbocycles. The van der Waals surface area contributed by atoms with Crippen LogP contribution in [0, 0.1) is 0 Å². The van der Waals surface area contributed by atoms with Crippen molar-refractivity contribution in [2.45, 2.75) is 52.4 Å². The van der Waals surface area contributed by atoms with Gasteiger partial charge in [0.05, 0.1) is 36.4 Å². The predicted molar refractivity (Wildman–Crippen MR) is 163 cm³/mol. The molecule has 0 bridgehead atoms. The zero-order valence-electron chi connectivity index (χ0n) is 24.0. The lowest BCUT2D eigenvalue weighted by molar-refractivity contribution is 0.276. The number of aromatic nitrogens is 5. The van der Waals surface area contributed by atoms with Crippen LogP contribution in [-0.2, 0) is 11.0 Å². The second kappa shape index (κ2) is 10.8. The van der Waals surface area contributed by atoms with Crippen molar-refractivity contribution >= 4 is 25.3 Å². The first kappa shape index (κ1) is 27.5. The number of anilines is 1. The third kappa shape index (κ3) is 5.48. The molecule has 2 N–H and O–H groups in total. The highest BCUT2D eigenvalue weighted by Gasteiger charge is 2.37. The molecule has 5 aromatic rings. The SMILES string of the molecule is CCOc1ccc(-c2ccc3nc(-c4cccnc4N)n(-c4ccc(CO[Si](C)(C)C(C)(C)C)cc4)c3n2)nc1. The number of rotatable bonds is 8. The van der Waals surface area contributed by atoms with Crippen LogP contribution < -0.4 is 10.5 Å². The normalized spacial score (nSPS) is 12.2. The van der Waals surface area contributed by atoms with Gasteiger partial charge in [-0.2, -0.15) is 0 Å². The van der Waals surface area contributed by atoms with Gasteiger partial charge in [-0.3, -0.25) is 9.55 Å². The van der Waals surface area contributed by atoms with Gasteiger partial charge in [-0.15, -0.1) is 0 Å². The van der Waals surface area contributed by atoms with Crippen molar-refractivity contribution in [3.63, 3.8) is 0 Å². The molecular formula is C31H36N6O2Si. The number of benzene rings is 1. The number of nitrogens with two attached hydrogens (primary N) is 1. The highest BCUT2D eigenvalue weighted by molar-refractivity contribution is 6.74. The van der Waals surface area contributed by atoms with Crippen molar-refractivity contribution < 1.29 is 9.16 Å². The molecule has 9 heteroatoms. The topological polar surface area (TPSA) is 101 Å². The molecule has 0 aliphatic heterocycles. The molecule has 206 valence electrons. The molecule has 5 rings (SSSR count). The molecule has 0 aliphatic carbocycles. The van der Waals surface area contributed by atoms with E-state index in [0.29, 0.717) is 30.5 Å². The zero-order valence-corrected chi connectivity index (χ0v) is 25.0. The summed E-state index contributed by atoms with van der Waals surface area (Å²) in [5, 5.41) is 0.156. The van der Waals surface area contributed by atoms with Crippen LogP contribution in [-0.4, -0.2) is 39.4 Å². The minimum atomic E-state index is -1.86. The summed E-state index contributed by atoms with van der Waals surface area (Å²) >= 11 is 0. The van der Waals surface area contributed by atoms with Gasteiger partial charge in [-0.25, -0.2) is 15.0 Å². The smallest absolute Gasteiger partial charge is 0.192 e. The molecule has 8 nitrogen and oxygen atoms in total. The van der Waals surface area contributed by atoms with Crippen LogP contribution in [0.25, 0.3) is 39.6 Å². The number of hydrogen-bond acceptors (Lipinski definition) is 7. The Morgan fingerprint density at radius 2 is 1.65 bits per heavy atom. The lowest BCUT2D eigenvalue weighted by Gasteiger charge is -2.36. The Kier molecular flexibility index (Phi) is 7.44. The van der Waals surface area contributed by atoms with Gasteiger partial charge in [0.15, 0.2) is 19.8 Å². The number of fused-ring (bicyclic) bond motifs is 1. The Hall–Kier alpha value is -4.08. The van der Waals surface area contributed by atoms with Gasteiger partial charge in [0.2, 0.25) is 0 Å². The summed E-state index contributed by atoms with van der Waals surface area (Å²) in [6.07, 6.45) is 3.39. The largest absolute Gasteiger partial charge is 0.492 e. The van der Waals surface area contributed by atoms with Gasteiger partial charge >= 0.3 is 0 Å². The number of nitrogen functional groups attached to an aromatic ring is 1. The van der Waals surface area contributed by atoms with Crippen molar-refractivity contribution in [1.29, 1.82) is 0 Å². The van der Waals surface area contributed by atoms with E-state index in [9.17, 15) is 0 Å². The molecule has 0 saturated heterocycles. The Bertz CT molecular complexity index is 1620. The van der Waals surface area contributed by atoms with Crippen LogP contribution in [0.5, 0.6) is 5.75 Å². The maximum absolute atomic E-state index is 6.44. The highest BCUT2D eigenvalue weighted by atomic mass is 28.4. The first-order valence-corrected chi connectivity index (χ1v) is 16.4. The predicted octanol–water partition coefficient (Wildman–Crippen LogP) is 7.05. The van der Waals surface area contributed by atoms with Gasteiger partial charge in [-0.05, 0) is 79.2 Å². The molecule has 0 saturated carbocycles. The van der Waals surface area contributed by atoms with E-state index in [-0.39, 0.29) is 5.04 Å². The average molecular weight is 553 g/mol. The van der Waals surface area contributed by atoms with Crippen LogP contribution >= 0.6 is 0 Å². The third-order valence-corrected chi connectivity index (χ3v) is 12.0. The number of ether oxygens (including phenoxy) is 1. The summed E-state index contributed by atoms with van der Waals surface area (Å²) in [6.45, 7) is 14.4. The molecule has 0 fully saturated rings. The summed E-state index contributed by atoms with van der Waals surface area (Å²) < 4.78 is 14.0. The average Bonchev–Trinajstić information content (AvgIpc) is 3.31. The number of hydrogen-bond donors (Lipinski definition) is 1. The summed E-state index contributed by atoms with van der Waals surface area (Å²) in [5.41, 5.74) is 12.0. The Morgan fingerprint density at radius 1 is 0.900 bits per heavy atom. The van der Waals surface area contributed by atoms with E-state index >= 15 is 0 Å². The summed E-state index contributed by atoms with van der Waals surface area (Å²) in [5.74, 6) is 1.81. The van der Waals surface area contributed by atoms with E-state index in [1.807, 2.05) is 47.9 Å². The van der Waals surface area contributed by atoms with Crippen LogP contribution in [0.3, 0.4) is 0 Å². The van der Waals surface area contributed by atoms with Gasteiger partial charge < -0.3 is 14.9 Å². The molecule has 0 radical (unpaired) electrons. The molecule has 0 spiro atoms. The Balaban J connectivity index is 1.57. The first-order valence-electron chi connectivity index (χ1n) is 13.5. The lowest BCUT2D eigenvalue weighted by atomic mass is 10.2. The van der Waals surface area contributed by atoms with E-state index in [1.54, 1.807) is 12.4 Å². The summed E-state index contributed by atoms with van der Waals surface area (Å²) in [7, 11) is -1.86. The molecule has 0 aliphatic rings. The van der Waals surface area contributed by atoms with Crippen LogP contribution in [0.4, 0.5) is 5.82 Å². The fourth-order valence-electron chi connectivity index (χ4n) is 4.14. The van der Waals surface area contributed by atoms with Gasteiger partial charge in [0, 0.05) is 11.9 Å². The quantitative estimate of drug-likeness (QED) is 0.206. The maximum atomic E-state index is 6.44. The van der Waals surface area contributed by atoms with Crippen LogP contribution in [0.1, 0.15) is 33.3 Å². The zero-order chi connectivity index (χ0) is 28.5. The molecule has 40 heavy (non-hydrogen) atoms. The molecule has 4 heterocycles. The fraction of sp³-hybridized carbons (Fsp3) is 0.290. The third-order valence-electron chi connectivity index (χ3n) is 7.49. The Labute approximate surface area is 236 Å². The molecule has 0 unspecified atom stereocenters. The van der Waals surface area contributed by atoms with Crippen LogP contribution in [0.15, 0.2) is 73.1 Å². The monoisotopic (exact) mass is 552 g/mol. The second-order valence-corrected chi connectivity index (χ2v) is 16.1. The molecule has 0 atom stereocenters. The van der Waals surface area contributed by atoms with E-state index in [4.69, 9.17) is 24.9 Å². The summed E-state index contributed by atoms with van der Waals surface area (Å²) in [4.78, 5) is 18.8. The maximum Gasteiger partial charge on any atom is 0.192 e. The molecular weight excluding hydrogens is 516 g/mol. The van der Waals surface area contributed by atoms with Gasteiger partial charge in [0.25, 0.3) is 0 Å². The molecule has 4 aromatic heterocycles. The highest BCUT2D eigenvalue weighted by Crippen LogP contribution is 2.37. The van der Waals surface area contributed by atoms with Crippen molar-refractivity contribution in [2.75, 3.05) is 12.3 Å². The van der Waals surface area contributed by atoms with E-state index in [2.05, 4.69) is 68.1 Å². The minimum absolute atomic E-state index is 0.156.